The third-order valence-corrected chi connectivity index (χ3v) is 7.79. The van der Waals surface area contributed by atoms with Crippen molar-refractivity contribution in [1.29, 1.82) is 0 Å². The van der Waals surface area contributed by atoms with Crippen molar-refractivity contribution in [3.63, 3.8) is 0 Å². The lowest BCUT2D eigenvalue weighted by atomic mass is 10.1. The molecule has 1 aliphatic rings. The zero-order valence-corrected chi connectivity index (χ0v) is 23.6. The molecule has 7 nitrogen and oxygen atoms in total. The first-order valence-corrected chi connectivity index (χ1v) is 12.5. The van der Waals surface area contributed by atoms with Crippen molar-refractivity contribution >= 4 is 93.0 Å². The second-order valence-electron chi connectivity index (χ2n) is 7.66. The van der Waals surface area contributed by atoms with Gasteiger partial charge in [0.15, 0.2) is 10.9 Å². The van der Waals surface area contributed by atoms with Gasteiger partial charge in [-0.05, 0) is 42.9 Å². The summed E-state index contributed by atoms with van der Waals surface area (Å²) in [6, 6.07) is 5.33. The van der Waals surface area contributed by atoms with Crippen LogP contribution in [0.4, 0.5) is 5.69 Å². The summed E-state index contributed by atoms with van der Waals surface area (Å²) in [5.41, 5.74) is 2.94. The summed E-state index contributed by atoms with van der Waals surface area (Å²) in [5.74, 6) is 0.335. The summed E-state index contributed by atoms with van der Waals surface area (Å²) >= 11 is 36.3. The van der Waals surface area contributed by atoms with E-state index in [4.69, 9.17) is 79.7 Å². The van der Waals surface area contributed by atoms with Gasteiger partial charge in [-0.15, -0.1) is 0 Å². The van der Waals surface area contributed by atoms with Gasteiger partial charge in [-0.3, -0.25) is 9.48 Å². The summed E-state index contributed by atoms with van der Waals surface area (Å²) in [4.78, 5) is 14.5. The molecule has 0 radical (unpaired) electrons. The Bertz CT molecular complexity index is 1410. The Morgan fingerprint density at radius 2 is 1.72 bits per heavy atom. The molecule has 1 amide bonds. The van der Waals surface area contributed by atoms with E-state index in [1.165, 1.54) is 12.0 Å². The molecule has 0 saturated carbocycles. The Hall–Kier alpha value is -2.20. The first-order valence-electron chi connectivity index (χ1n) is 10.2. The lowest BCUT2D eigenvalue weighted by Crippen LogP contribution is -2.30. The first-order chi connectivity index (χ1) is 17.0. The zero-order chi connectivity index (χ0) is 26.3. The molecule has 1 fully saturated rings. The van der Waals surface area contributed by atoms with E-state index in [1.807, 2.05) is 6.92 Å². The summed E-state index contributed by atoms with van der Waals surface area (Å²) in [6.07, 6.45) is 3.41. The fraction of sp³-hybridized carbons (Fsp3) is 0.174. The van der Waals surface area contributed by atoms with Crippen LogP contribution in [0.5, 0.6) is 11.5 Å². The normalized spacial score (nSPS) is 14.6. The van der Waals surface area contributed by atoms with Gasteiger partial charge in [0.25, 0.3) is 5.91 Å². The van der Waals surface area contributed by atoms with Gasteiger partial charge in [-0.2, -0.15) is 5.10 Å². The van der Waals surface area contributed by atoms with Crippen molar-refractivity contribution in [1.82, 2.24) is 15.1 Å². The topological polar surface area (TPSA) is 68.6 Å². The molecule has 2 aromatic carbocycles. The summed E-state index contributed by atoms with van der Waals surface area (Å²) < 4.78 is 12.9. The largest absolute Gasteiger partial charge is 0.496 e. The van der Waals surface area contributed by atoms with Crippen LogP contribution in [-0.4, -0.2) is 27.9 Å². The maximum Gasteiger partial charge on any atom is 0.281 e. The van der Waals surface area contributed by atoms with Crippen molar-refractivity contribution in [3.05, 3.63) is 72.0 Å². The fourth-order valence-electron chi connectivity index (χ4n) is 3.59. The highest BCUT2D eigenvalue weighted by Gasteiger charge is 2.34. The lowest BCUT2D eigenvalue weighted by molar-refractivity contribution is -0.113. The fourth-order valence-corrected chi connectivity index (χ4v) is 5.11. The molecule has 13 heteroatoms. The van der Waals surface area contributed by atoms with Crippen molar-refractivity contribution in [2.45, 2.75) is 13.5 Å². The van der Waals surface area contributed by atoms with Crippen LogP contribution in [0.15, 0.2) is 30.1 Å². The van der Waals surface area contributed by atoms with Crippen LogP contribution in [0.3, 0.4) is 0 Å². The summed E-state index contributed by atoms with van der Waals surface area (Å²) in [6.45, 7) is 1.82. The van der Waals surface area contributed by atoms with Gasteiger partial charge in [0.2, 0.25) is 0 Å². The number of halogens is 5. The maximum absolute atomic E-state index is 13.1. The Labute approximate surface area is 237 Å². The van der Waals surface area contributed by atoms with Gasteiger partial charge in [0, 0.05) is 18.8 Å². The number of aryl methyl sites for hydroxylation is 2. The Morgan fingerprint density at radius 3 is 2.31 bits per heavy atom. The van der Waals surface area contributed by atoms with Crippen LogP contribution in [0, 0.1) is 6.92 Å². The summed E-state index contributed by atoms with van der Waals surface area (Å²) in [5, 5.41) is 7.68. The van der Waals surface area contributed by atoms with Crippen LogP contribution in [0.25, 0.3) is 6.08 Å². The van der Waals surface area contributed by atoms with Gasteiger partial charge >= 0.3 is 0 Å². The highest BCUT2D eigenvalue weighted by molar-refractivity contribution is 7.80. The number of methoxy groups -OCH3 is 1. The molecule has 3 aromatic rings. The van der Waals surface area contributed by atoms with E-state index in [-0.39, 0.29) is 48.5 Å². The molecule has 0 spiro atoms. The average molecular weight is 607 g/mol. The maximum atomic E-state index is 13.1. The zero-order valence-electron chi connectivity index (χ0n) is 19.0. The highest BCUT2D eigenvalue weighted by Crippen LogP contribution is 2.48. The van der Waals surface area contributed by atoms with Crippen LogP contribution < -0.4 is 19.7 Å². The molecule has 2 heterocycles. The van der Waals surface area contributed by atoms with Gasteiger partial charge in [-0.1, -0.05) is 64.1 Å². The van der Waals surface area contributed by atoms with Crippen molar-refractivity contribution in [3.8, 4) is 11.5 Å². The second-order valence-corrected chi connectivity index (χ2v) is 9.94. The Morgan fingerprint density at radius 1 is 1.08 bits per heavy atom. The van der Waals surface area contributed by atoms with E-state index in [9.17, 15) is 4.79 Å². The summed E-state index contributed by atoms with van der Waals surface area (Å²) in [7, 11) is 3.30. The van der Waals surface area contributed by atoms with Gasteiger partial charge < -0.3 is 14.8 Å². The molecule has 188 valence electrons. The molecule has 1 N–H and O–H groups in total. The first kappa shape index (κ1) is 26.9. The van der Waals surface area contributed by atoms with E-state index in [2.05, 4.69) is 10.4 Å². The van der Waals surface area contributed by atoms with Crippen molar-refractivity contribution in [2.24, 2.45) is 7.05 Å². The van der Waals surface area contributed by atoms with E-state index in [1.54, 1.807) is 42.2 Å². The molecule has 1 aromatic heterocycles. The number of nitrogens with one attached hydrogen (secondary N) is 1. The van der Waals surface area contributed by atoms with Crippen LogP contribution in [0.1, 0.15) is 16.8 Å². The van der Waals surface area contributed by atoms with Crippen molar-refractivity contribution < 1.29 is 14.3 Å². The number of amides is 1. The number of nitrogens with zero attached hydrogens (tertiary/aromatic N) is 3. The van der Waals surface area contributed by atoms with Gasteiger partial charge in [0.1, 0.15) is 28.1 Å². The average Bonchev–Trinajstić information content (AvgIpc) is 3.32. The monoisotopic (exact) mass is 604 g/mol. The van der Waals surface area contributed by atoms with E-state index in [0.29, 0.717) is 34.0 Å². The number of carbonyl (C=O) groups is 1. The molecule has 0 atom stereocenters. The van der Waals surface area contributed by atoms with Crippen LogP contribution in [-0.2, 0) is 18.4 Å². The minimum absolute atomic E-state index is 0.00864. The number of hydrogen-bond acceptors (Lipinski definition) is 5. The lowest BCUT2D eigenvalue weighted by Gasteiger charge is -2.15. The van der Waals surface area contributed by atoms with E-state index in [0.717, 1.165) is 0 Å². The number of thiocarbonyl (C=S) groups is 1. The number of benzene rings is 2. The van der Waals surface area contributed by atoms with Crippen LogP contribution >= 0.6 is 70.2 Å². The Kier molecular flexibility index (Phi) is 7.95. The number of carbonyl (C=O) groups excluding carboxylic acids is 1. The number of rotatable bonds is 6. The molecule has 1 aliphatic heterocycles. The molecule has 36 heavy (non-hydrogen) atoms. The van der Waals surface area contributed by atoms with Crippen molar-refractivity contribution in [2.75, 3.05) is 12.0 Å². The second kappa shape index (κ2) is 10.7. The predicted octanol–water partition coefficient (Wildman–Crippen LogP) is 6.85. The molecule has 0 bridgehead atoms. The van der Waals surface area contributed by atoms with E-state index < -0.39 is 0 Å². The standard InChI is InChI=1S/C23H17Cl5N4O3S/c1-10-14(8-31(2)30-10)32-22(33)13(29-23(32)36)7-11-4-5-15(34-3)12(6-11)9-35-21-19(27)17(25)16(24)18(26)20(21)28/h4-8H,9H2,1-3H3,(H,29,36)/b13-7+. The van der Waals surface area contributed by atoms with E-state index >= 15 is 0 Å². The predicted molar refractivity (Wildman–Crippen MR) is 148 cm³/mol. The third kappa shape index (κ3) is 4.98. The smallest absolute Gasteiger partial charge is 0.281 e. The highest BCUT2D eigenvalue weighted by atomic mass is 35.5. The molecule has 0 unspecified atom stereocenters. The number of hydrogen-bond donors (Lipinski definition) is 1. The number of aromatic nitrogens is 2. The van der Waals surface area contributed by atoms with Crippen LogP contribution in [0.2, 0.25) is 25.1 Å². The Balaban J connectivity index is 1.62. The SMILES string of the molecule is COc1ccc(/C=C2/NC(=S)N(c3cn(C)nc3C)C2=O)cc1COc1c(Cl)c(Cl)c(Cl)c(Cl)c1Cl. The quantitative estimate of drug-likeness (QED) is 0.143. The molecular weight excluding hydrogens is 590 g/mol. The molecular formula is C23H17Cl5N4O3S. The minimum atomic E-state index is -0.297. The van der Waals surface area contributed by atoms with Gasteiger partial charge in [0.05, 0.1) is 33.6 Å². The molecule has 0 aliphatic carbocycles. The number of ether oxygens (including phenoxy) is 2. The third-order valence-electron chi connectivity index (χ3n) is 5.26. The minimum Gasteiger partial charge on any atom is -0.496 e. The number of anilines is 1. The molecule has 1 saturated heterocycles. The van der Waals surface area contributed by atoms with Gasteiger partial charge in [-0.25, -0.2) is 4.90 Å². The molecule has 4 rings (SSSR count).